The molecule has 3 heteroatoms. The van der Waals surface area contributed by atoms with E-state index in [0.717, 1.165) is 12.8 Å². The van der Waals surface area contributed by atoms with Crippen LogP contribution in [0.1, 0.15) is 65.7 Å². The molecule has 0 spiro atoms. The molecule has 0 aliphatic rings. The number of hydrogen-bond donors (Lipinski definition) is 1. The van der Waals surface area contributed by atoms with Crippen molar-refractivity contribution in [1.82, 2.24) is 0 Å². The van der Waals surface area contributed by atoms with Crippen LogP contribution in [0.3, 0.4) is 0 Å². The van der Waals surface area contributed by atoms with E-state index in [9.17, 15) is 4.79 Å². The van der Waals surface area contributed by atoms with E-state index in [1.807, 2.05) is 13.8 Å². The van der Waals surface area contributed by atoms with E-state index in [4.69, 9.17) is 4.74 Å². The van der Waals surface area contributed by atoms with E-state index < -0.39 is 4.75 Å². The molecule has 0 rings (SSSR count). The molecule has 0 saturated heterocycles. The van der Waals surface area contributed by atoms with Gasteiger partial charge in [0.15, 0.2) is 0 Å². The molecule has 0 aliphatic carbocycles. The fourth-order valence-corrected chi connectivity index (χ4v) is 1.86. The number of rotatable bonds is 9. The summed E-state index contributed by atoms with van der Waals surface area (Å²) in [6.07, 6.45) is 8.21. The Morgan fingerprint density at radius 3 is 2.25 bits per heavy atom. The Morgan fingerprint density at radius 1 is 1.12 bits per heavy atom. The minimum absolute atomic E-state index is 0.188. The smallest absolute Gasteiger partial charge is 0.321 e. The third-order valence-electron chi connectivity index (χ3n) is 2.73. The van der Waals surface area contributed by atoms with Crippen LogP contribution in [0.5, 0.6) is 0 Å². The molecule has 0 unspecified atom stereocenters. The lowest BCUT2D eigenvalue weighted by Crippen LogP contribution is -2.31. The van der Waals surface area contributed by atoms with Gasteiger partial charge in [-0.1, -0.05) is 45.4 Å². The highest BCUT2D eigenvalue weighted by molar-refractivity contribution is 7.82. The Kier molecular flexibility index (Phi) is 8.81. The van der Waals surface area contributed by atoms with Gasteiger partial charge in [-0.25, -0.2) is 0 Å². The standard InChI is InChI=1S/C13H26O2S/c1-4-6-7-8-9-10-11-13(3,16)12(14)15-5-2/h16H,4-11H2,1-3H3/t13-/m1/s1. The van der Waals surface area contributed by atoms with Gasteiger partial charge in [-0.2, -0.15) is 12.6 Å². The summed E-state index contributed by atoms with van der Waals surface area (Å²) >= 11 is 4.38. The Hall–Kier alpha value is -0.180. The highest BCUT2D eigenvalue weighted by Crippen LogP contribution is 2.24. The normalized spacial score (nSPS) is 14.5. The average Bonchev–Trinajstić information content (AvgIpc) is 2.23. The molecule has 96 valence electrons. The lowest BCUT2D eigenvalue weighted by molar-refractivity contribution is -0.145. The van der Waals surface area contributed by atoms with Crippen molar-refractivity contribution in [3.8, 4) is 0 Å². The molecule has 0 aromatic heterocycles. The number of esters is 1. The maximum atomic E-state index is 11.5. The summed E-state index contributed by atoms with van der Waals surface area (Å²) in [5, 5.41) is 0. The van der Waals surface area contributed by atoms with Gasteiger partial charge >= 0.3 is 5.97 Å². The van der Waals surface area contributed by atoms with Gasteiger partial charge in [0.25, 0.3) is 0 Å². The summed E-state index contributed by atoms with van der Waals surface area (Å²) in [7, 11) is 0. The Morgan fingerprint density at radius 2 is 1.69 bits per heavy atom. The predicted octanol–water partition coefficient (Wildman–Crippen LogP) is 3.99. The summed E-state index contributed by atoms with van der Waals surface area (Å²) in [4.78, 5) is 11.5. The molecule has 0 aromatic carbocycles. The molecule has 1 atom stereocenters. The van der Waals surface area contributed by atoms with Crippen LogP contribution in [-0.4, -0.2) is 17.3 Å². The zero-order valence-electron chi connectivity index (χ0n) is 10.9. The van der Waals surface area contributed by atoms with Gasteiger partial charge in [0.2, 0.25) is 0 Å². The van der Waals surface area contributed by atoms with Crippen LogP contribution in [0.4, 0.5) is 0 Å². The third kappa shape index (κ3) is 7.15. The van der Waals surface area contributed by atoms with E-state index in [2.05, 4.69) is 19.6 Å². The topological polar surface area (TPSA) is 26.3 Å². The van der Waals surface area contributed by atoms with Crippen molar-refractivity contribution < 1.29 is 9.53 Å². The van der Waals surface area contributed by atoms with Crippen LogP contribution in [0.15, 0.2) is 0 Å². The monoisotopic (exact) mass is 246 g/mol. The van der Waals surface area contributed by atoms with Crippen LogP contribution >= 0.6 is 12.6 Å². The predicted molar refractivity (Wildman–Crippen MR) is 72.0 cm³/mol. The first-order chi connectivity index (χ1) is 7.54. The molecular weight excluding hydrogens is 220 g/mol. The number of unbranched alkanes of at least 4 members (excludes halogenated alkanes) is 5. The number of carbonyl (C=O) groups is 1. The lowest BCUT2D eigenvalue weighted by atomic mass is 10.0. The SMILES string of the molecule is CCCCCCCC[C@@](C)(S)C(=O)OCC. The first-order valence-corrected chi connectivity index (χ1v) is 6.89. The van der Waals surface area contributed by atoms with E-state index in [1.54, 1.807) is 0 Å². The molecule has 0 radical (unpaired) electrons. The van der Waals surface area contributed by atoms with Crippen molar-refractivity contribution in [3.63, 3.8) is 0 Å². The van der Waals surface area contributed by atoms with Gasteiger partial charge in [0.05, 0.1) is 6.61 Å². The van der Waals surface area contributed by atoms with Crippen molar-refractivity contribution in [3.05, 3.63) is 0 Å². The molecule has 0 aliphatic heterocycles. The van der Waals surface area contributed by atoms with Crippen molar-refractivity contribution in [2.75, 3.05) is 6.61 Å². The van der Waals surface area contributed by atoms with Crippen LogP contribution < -0.4 is 0 Å². The van der Waals surface area contributed by atoms with Gasteiger partial charge < -0.3 is 4.74 Å². The summed E-state index contributed by atoms with van der Waals surface area (Å²) in [5.74, 6) is -0.188. The fourth-order valence-electron chi connectivity index (χ4n) is 1.64. The van der Waals surface area contributed by atoms with Gasteiger partial charge in [-0.3, -0.25) is 4.79 Å². The van der Waals surface area contributed by atoms with Gasteiger partial charge in [0.1, 0.15) is 4.75 Å². The third-order valence-corrected chi connectivity index (χ3v) is 3.14. The summed E-state index contributed by atoms with van der Waals surface area (Å²) in [5.41, 5.74) is 0. The molecule has 0 saturated carbocycles. The largest absolute Gasteiger partial charge is 0.465 e. The minimum atomic E-state index is -0.610. The summed E-state index contributed by atoms with van der Waals surface area (Å²) in [6, 6.07) is 0. The van der Waals surface area contributed by atoms with Crippen LogP contribution in [0.2, 0.25) is 0 Å². The molecule has 0 heterocycles. The minimum Gasteiger partial charge on any atom is -0.465 e. The van der Waals surface area contributed by atoms with E-state index in [0.29, 0.717) is 6.61 Å². The maximum Gasteiger partial charge on any atom is 0.321 e. The molecule has 0 fully saturated rings. The van der Waals surface area contributed by atoms with Crippen molar-refractivity contribution in [2.24, 2.45) is 0 Å². The van der Waals surface area contributed by atoms with Crippen molar-refractivity contribution in [2.45, 2.75) is 70.5 Å². The van der Waals surface area contributed by atoms with Gasteiger partial charge in [0, 0.05) is 0 Å². The molecular formula is C13H26O2S. The second-order valence-corrected chi connectivity index (χ2v) is 5.50. The second kappa shape index (κ2) is 8.91. The molecule has 0 aromatic rings. The average molecular weight is 246 g/mol. The van der Waals surface area contributed by atoms with Gasteiger partial charge in [-0.15, -0.1) is 0 Å². The van der Waals surface area contributed by atoms with E-state index in [1.165, 1.54) is 32.1 Å². The van der Waals surface area contributed by atoms with Crippen LogP contribution in [0, 0.1) is 0 Å². The van der Waals surface area contributed by atoms with E-state index in [-0.39, 0.29) is 5.97 Å². The zero-order chi connectivity index (χ0) is 12.4. The van der Waals surface area contributed by atoms with Crippen molar-refractivity contribution >= 4 is 18.6 Å². The number of carbonyl (C=O) groups excluding carboxylic acids is 1. The fraction of sp³-hybridized carbons (Fsp3) is 0.923. The Labute approximate surface area is 106 Å². The molecule has 0 amide bonds. The molecule has 16 heavy (non-hydrogen) atoms. The number of ether oxygens (including phenoxy) is 1. The number of thiol groups is 1. The summed E-state index contributed by atoms with van der Waals surface area (Å²) in [6.45, 7) is 6.32. The molecule has 0 bridgehead atoms. The zero-order valence-corrected chi connectivity index (χ0v) is 11.8. The Balaban J connectivity index is 3.61. The first kappa shape index (κ1) is 15.8. The van der Waals surface area contributed by atoms with Crippen LogP contribution in [0.25, 0.3) is 0 Å². The second-order valence-electron chi connectivity index (χ2n) is 4.51. The van der Waals surface area contributed by atoms with Crippen LogP contribution in [-0.2, 0) is 9.53 Å². The summed E-state index contributed by atoms with van der Waals surface area (Å²) < 4.78 is 4.38. The van der Waals surface area contributed by atoms with Gasteiger partial charge in [-0.05, 0) is 20.3 Å². The Bertz CT molecular complexity index is 190. The molecule has 0 N–H and O–H groups in total. The molecule has 2 nitrogen and oxygen atoms in total. The first-order valence-electron chi connectivity index (χ1n) is 6.44. The highest BCUT2D eigenvalue weighted by Gasteiger charge is 2.29. The maximum absolute atomic E-state index is 11.5. The highest BCUT2D eigenvalue weighted by atomic mass is 32.1. The van der Waals surface area contributed by atoms with E-state index >= 15 is 0 Å². The van der Waals surface area contributed by atoms with Crippen molar-refractivity contribution in [1.29, 1.82) is 0 Å². The lowest BCUT2D eigenvalue weighted by Gasteiger charge is -2.20. The quantitative estimate of drug-likeness (QED) is 0.378. The number of hydrogen-bond acceptors (Lipinski definition) is 3.